The highest BCUT2D eigenvalue weighted by Crippen LogP contribution is 2.17. The SMILES string of the molecule is CCn1ccc(NC(=O)c2ccc(Br)c(F)c2)n1. The molecule has 94 valence electrons. The molecule has 0 aliphatic rings. The quantitative estimate of drug-likeness (QED) is 0.947. The van der Waals surface area contributed by atoms with Crippen LogP contribution in [0, 0.1) is 5.82 Å². The lowest BCUT2D eigenvalue weighted by atomic mass is 10.2. The molecule has 0 bridgehead atoms. The molecule has 1 aromatic heterocycles. The van der Waals surface area contributed by atoms with Gasteiger partial charge in [0, 0.05) is 24.4 Å². The maximum atomic E-state index is 13.3. The zero-order valence-corrected chi connectivity index (χ0v) is 11.2. The van der Waals surface area contributed by atoms with Crippen LogP contribution in [0.25, 0.3) is 0 Å². The summed E-state index contributed by atoms with van der Waals surface area (Å²) in [5.41, 5.74) is 0.252. The van der Waals surface area contributed by atoms with Crippen molar-refractivity contribution in [3.63, 3.8) is 0 Å². The molecule has 0 aliphatic carbocycles. The Morgan fingerprint density at radius 2 is 2.28 bits per heavy atom. The van der Waals surface area contributed by atoms with Gasteiger partial charge in [0.2, 0.25) is 0 Å². The molecular weight excluding hydrogens is 301 g/mol. The molecule has 0 saturated carbocycles. The van der Waals surface area contributed by atoms with Crippen molar-refractivity contribution in [1.29, 1.82) is 0 Å². The fraction of sp³-hybridized carbons (Fsp3) is 0.167. The van der Waals surface area contributed by atoms with Gasteiger partial charge in [0.25, 0.3) is 5.91 Å². The van der Waals surface area contributed by atoms with Crippen LogP contribution in [0.1, 0.15) is 17.3 Å². The molecule has 0 unspecified atom stereocenters. The van der Waals surface area contributed by atoms with Gasteiger partial charge in [-0.05, 0) is 41.1 Å². The van der Waals surface area contributed by atoms with Gasteiger partial charge in [-0.15, -0.1) is 0 Å². The average Bonchev–Trinajstić information content (AvgIpc) is 2.80. The Labute approximate surface area is 112 Å². The summed E-state index contributed by atoms with van der Waals surface area (Å²) in [7, 11) is 0. The van der Waals surface area contributed by atoms with Crippen LogP contribution in [-0.4, -0.2) is 15.7 Å². The fourth-order valence-electron chi connectivity index (χ4n) is 1.43. The molecule has 0 fully saturated rings. The molecule has 0 aliphatic heterocycles. The Kier molecular flexibility index (Phi) is 3.76. The molecule has 2 rings (SSSR count). The summed E-state index contributed by atoms with van der Waals surface area (Å²) in [4.78, 5) is 11.8. The molecule has 18 heavy (non-hydrogen) atoms. The highest BCUT2D eigenvalue weighted by molar-refractivity contribution is 9.10. The standard InChI is InChI=1S/C12H11BrFN3O/c1-2-17-6-5-11(16-17)15-12(18)8-3-4-9(13)10(14)7-8/h3-7H,2H2,1H3,(H,15,16,18). The molecule has 0 saturated heterocycles. The third-order valence-electron chi connectivity index (χ3n) is 2.39. The van der Waals surface area contributed by atoms with Crippen LogP contribution in [0.5, 0.6) is 0 Å². The van der Waals surface area contributed by atoms with Gasteiger partial charge in [-0.3, -0.25) is 9.48 Å². The molecule has 0 radical (unpaired) electrons. The number of amides is 1. The van der Waals surface area contributed by atoms with Crippen molar-refractivity contribution in [3.05, 3.63) is 46.3 Å². The van der Waals surface area contributed by atoms with E-state index in [1.807, 2.05) is 6.92 Å². The summed E-state index contributed by atoms with van der Waals surface area (Å²) in [6, 6.07) is 5.90. The predicted octanol–water partition coefficient (Wildman–Crippen LogP) is 3.06. The number of aryl methyl sites for hydroxylation is 1. The van der Waals surface area contributed by atoms with Crippen molar-refractivity contribution in [2.24, 2.45) is 0 Å². The van der Waals surface area contributed by atoms with E-state index in [9.17, 15) is 9.18 Å². The number of anilines is 1. The molecule has 1 amide bonds. The van der Waals surface area contributed by atoms with E-state index >= 15 is 0 Å². The maximum absolute atomic E-state index is 13.3. The zero-order chi connectivity index (χ0) is 13.1. The van der Waals surface area contributed by atoms with E-state index in [2.05, 4.69) is 26.3 Å². The lowest BCUT2D eigenvalue weighted by Gasteiger charge is -2.03. The summed E-state index contributed by atoms with van der Waals surface area (Å²) in [5.74, 6) is -0.408. The van der Waals surface area contributed by atoms with Crippen molar-refractivity contribution < 1.29 is 9.18 Å². The van der Waals surface area contributed by atoms with Gasteiger partial charge in [0.1, 0.15) is 5.82 Å². The van der Waals surface area contributed by atoms with Crippen LogP contribution in [0.2, 0.25) is 0 Å². The van der Waals surface area contributed by atoms with Crippen molar-refractivity contribution >= 4 is 27.7 Å². The second kappa shape index (κ2) is 5.30. The molecule has 1 N–H and O–H groups in total. The molecule has 0 spiro atoms. The Morgan fingerprint density at radius 1 is 1.50 bits per heavy atom. The normalized spacial score (nSPS) is 10.4. The molecule has 6 heteroatoms. The smallest absolute Gasteiger partial charge is 0.256 e. The van der Waals surface area contributed by atoms with E-state index in [0.717, 1.165) is 6.54 Å². The van der Waals surface area contributed by atoms with E-state index in [-0.39, 0.29) is 11.5 Å². The van der Waals surface area contributed by atoms with Gasteiger partial charge in [-0.2, -0.15) is 5.10 Å². The highest BCUT2D eigenvalue weighted by atomic mass is 79.9. The summed E-state index contributed by atoms with van der Waals surface area (Å²) in [6.45, 7) is 2.67. The van der Waals surface area contributed by atoms with Gasteiger partial charge >= 0.3 is 0 Å². The van der Waals surface area contributed by atoms with Gasteiger partial charge < -0.3 is 5.32 Å². The Hall–Kier alpha value is -1.69. The molecular formula is C12H11BrFN3O. The monoisotopic (exact) mass is 311 g/mol. The van der Waals surface area contributed by atoms with Crippen LogP contribution < -0.4 is 5.32 Å². The van der Waals surface area contributed by atoms with Crippen molar-refractivity contribution in [2.45, 2.75) is 13.5 Å². The largest absolute Gasteiger partial charge is 0.305 e. The number of benzene rings is 1. The number of hydrogen-bond acceptors (Lipinski definition) is 2. The number of nitrogens with one attached hydrogen (secondary N) is 1. The van der Waals surface area contributed by atoms with Crippen molar-refractivity contribution in [2.75, 3.05) is 5.32 Å². The summed E-state index contributed by atoms with van der Waals surface area (Å²) in [5, 5.41) is 6.72. The van der Waals surface area contributed by atoms with E-state index in [4.69, 9.17) is 0 Å². The maximum Gasteiger partial charge on any atom is 0.256 e. The van der Waals surface area contributed by atoms with E-state index < -0.39 is 5.82 Å². The summed E-state index contributed by atoms with van der Waals surface area (Å²) < 4.78 is 15.3. The van der Waals surface area contributed by atoms with Crippen molar-refractivity contribution in [3.8, 4) is 0 Å². The van der Waals surface area contributed by atoms with Gasteiger partial charge in [-0.1, -0.05) is 0 Å². The third-order valence-corrected chi connectivity index (χ3v) is 3.03. The van der Waals surface area contributed by atoms with Gasteiger partial charge in [0.05, 0.1) is 4.47 Å². The number of halogens is 2. The fourth-order valence-corrected chi connectivity index (χ4v) is 1.68. The third kappa shape index (κ3) is 2.76. The molecule has 1 heterocycles. The second-order valence-electron chi connectivity index (χ2n) is 3.64. The van der Waals surface area contributed by atoms with Crippen molar-refractivity contribution in [1.82, 2.24) is 9.78 Å². The summed E-state index contributed by atoms with van der Waals surface area (Å²) in [6.07, 6.45) is 1.76. The lowest BCUT2D eigenvalue weighted by molar-refractivity contribution is 0.102. The van der Waals surface area contributed by atoms with E-state index in [1.165, 1.54) is 12.1 Å². The Bertz CT molecular complexity index is 582. The first kappa shape index (κ1) is 12.8. The van der Waals surface area contributed by atoms with Gasteiger partial charge in [0.15, 0.2) is 5.82 Å². The van der Waals surface area contributed by atoms with Crippen LogP contribution in [0.4, 0.5) is 10.2 Å². The first-order valence-corrected chi connectivity index (χ1v) is 6.19. The number of hydrogen-bond donors (Lipinski definition) is 1. The predicted molar refractivity (Wildman–Crippen MR) is 70.0 cm³/mol. The van der Waals surface area contributed by atoms with E-state index in [1.54, 1.807) is 23.0 Å². The van der Waals surface area contributed by atoms with Crippen LogP contribution in [0.3, 0.4) is 0 Å². The second-order valence-corrected chi connectivity index (χ2v) is 4.49. The van der Waals surface area contributed by atoms with E-state index in [0.29, 0.717) is 10.3 Å². The number of aromatic nitrogens is 2. The Morgan fingerprint density at radius 3 is 2.89 bits per heavy atom. The summed E-state index contributed by atoms with van der Waals surface area (Å²) >= 11 is 3.04. The number of rotatable bonds is 3. The number of carbonyl (C=O) groups is 1. The number of carbonyl (C=O) groups excluding carboxylic acids is 1. The van der Waals surface area contributed by atoms with Crippen LogP contribution >= 0.6 is 15.9 Å². The number of nitrogens with zero attached hydrogens (tertiary/aromatic N) is 2. The average molecular weight is 312 g/mol. The highest BCUT2D eigenvalue weighted by Gasteiger charge is 2.10. The Balaban J connectivity index is 2.14. The minimum Gasteiger partial charge on any atom is -0.305 e. The first-order valence-electron chi connectivity index (χ1n) is 5.40. The zero-order valence-electron chi connectivity index (χ0n) is 9.65. The molecule has 1 aromatic carbocycles. The molecule has 4 nitrogen and oxygen atoms in total. The first-order chi connectivity index (χ1) is 8.60. The van der Waals surface area contributed by atoms with Gasteiger partial charge in [-0.25, -0.2) is 4.39 Å². The topological polar surface area (TPSA) is 46.9 Å². The minimum absolute atomic E-state index is 0.252. The van der Waals surface area contributed by atoms with Crippen LogP contribution in [0.15, 0.2) is 34.9 Å². The van der Waals surface area contributed by atoms with Crippen LogP contribution in [-0.2, 0) is 6.54 Å². The minimum atomic E-state index is -0.471. The lowest BCUT2D eigenvalue weighted by Crippen LogP contribution is -2.13. The molecule has 0 atom stereocenters. The molecule has 2 aromatic rings.